The molecule has 14 heteroatoms. The van der Waals surface area contributed by atoms with E-state index in [1.54, 1.807) is 19.1 Å². The Labute approximate surface area is 203 Å². The minimum absolute atomic E-state index is 0.166. The van der Waals surface area contributed by atoms with Gasteiger partial charge in [0.1, 0.15) is 11.8 Å². The summed E-state index contributed by atoms with van der Waals surface area (Å²) in [5, 5.41) is 16.1. The number of ether oxygens (including phenoxy) is 1. The third kappa shape index (κ3) is 5.80. The van der Waals surface area contributed by atoms with E-state index in [9.17, 15) is 26.4 Å². The van der Waals surface area contributed by atoms with Gasteiger partial charge in [-0.05, 0) is 50.1 Å². The number of hydrogen-bond donors (Lipinski definition) is 1. The summed E-state index contributed by atoms with van der Waals surface area (Å²) in [6, 6.07) is 6.73. The summed E-state index contributed by atoms with van der Waals surface area (Å²) in [5.74, 6) is -0.325. The van der Waals surface area contributed by atoms with E-state index in [4.69, 9.17) is 5.26 Å². The van der Waals surface area contributed by atoms with Crippen molar-refractivity contribution in [1.82, 2.24) is 25.1 Å². The Morgan fingerprint density at radius 1 is 1.28 bits per heavy atom. The molecule has 10 nitrogen and oxygen atoms in total. The molecule has 3 aromatic rings. The average Bonchev–Trinajstić information content (AvgIpc) is 3.55. The maximum absolute atomic E-state index is 13.0. The van der Waals surface area contributed by atoms with Gasteiger partial charge in [-0.15, -0.1) is 18.3 Å². The van der Waals surface area contributed by atoms with Crippen LogP contribution in [0, 0.1) is 11.3 Å². The van der Waals surface area contributed by atoms with E-state index < -0.39 is 38.8 Å². The summed E-state index contributed by atoms with van der Waals surface area (Å²) < 4.78 is 67.5. The van der Waals surface area contributed by atoms with E-state index in [1.165, 1.54) is 10.9 Å². The van der Waals surface area contributed by atoms with Gasteiger partial charge in [0.25, 0.3) is 5.91 Å². The van der Waals surface area contributed by atoms with E-state index in [0.717, 1.165) is 31.2 Å². The molecule has 0 radical (unpaired) electrons. The predicted molar refractivity (Wildman–Crippen MR) is 118 cm³/mol. The molecule has 4 rings (SSSR count). The second-order valence-electron chi connectivity index (χ2n) is 8.24. The van der Waals surface area contributed by atoms with Crippen molar-refractivity contribution in [1.29, 1.82) is 5.26 Å². The Morgan fingerprint density at radius 3 is 2.56 bits per heavy atom. The number of nitrogens with zero attached hydrogens (tertiary/aromatic N) is 5. The normalized spacial score (nSPS) is 14.7. The monoisotopic (exact) mass is 520 g/mol. The lowest BCUT2D eigenvalue weighted by atomic mass is 10.2. The molecule has 2 aromatic heterocycles. The molecule has 36 heavy (non-hydrogen) atoms. The van der Waals surface area contributed by atoms with E-state index in [0.29, 0.717) is 29.1 Å². The summed E-state index contributed by atoms with van der Waals surface area (Å²) in [6.07, 6.45) is -1.10. The van der Waals surface area contributed by atoms with Gasteiger partial charge in [0.15, 0.2) is 27.3 Å². The van der Waals surface area contributed by atoms with Crippen molar-refractivity contribution >= 4 is 15.7 Å². The van der Waals surface area contributed by atoms with Gasteiger partial charge in [0, 0.05) is 23.9 Å². The number of amides is 1. The number of benzene rings is 1. The number of nitriles is 1. The summed E-state index contributed by atoms with van der Waals surface area (Å²) in [4.78, 5) is 21.2. The van der Waals surface area contributed by atoms with E-state index in [2.05, 4.69) is 25.1 Å². The maximum Gasteiger partial charge on any atom is 0.573 e. The molecule has 1 amide bonds. The van der Waals surface area contributed by atoms with Crippen LogP contribution >= 0.6 is 0 Å². The number of sulfone groups is 1. The topological polar surface area (TPSA) is 140 Å². The van der Waals surface area contributed by atoms with Crippen molar-refractivity contribution in [3.63, 3.8) is 0 Å². The number of carbonyl (C=O) groups excluding carboxylic acids is 1. The quantitative estimate of drug-likeness (QED) is 0.501. The minimum Gasteiger partial charge on any atom is -0.406 e. The van der Waals surface area contributed by atoms with Crippen LogP contribution in [-0.2, 0) is 9.84 Å². The molecule has 0 saturated heterocycles. The lowest BCUT2D eigenvalue weighted by Crippen LogP contribution is -2.29. The van der Waals surface area contributed by atoms with Crippen molar-refractivity contribution < 1.29 is 31.1 Å². The molecule has 1 N–H and O–H groups in total. The summed E-state index contributed by atoms with van der Waals surface area (Å²) >= 11 is 0. The standard InChI is InChI=1S/C22H19F3N6O4S/c1-12(20-29-19(14-4-5-14)30-31(20)18-6-3-13(10-26)11-27-18)28-21(32)15-7-16(35-22(23,24)25)9-17(8-15)36(2,33)34/h3,6-9,11-12,14H,4-5H2,1-2H3,(H,28,32)/t12-/m0/s1. The van der Waals surface area contributed by atoms with Crippen LogP contribution in [-0.4, -0.2) is 46.7 Å². The van der Waals surface area contributed by atoms with Gasteiger partial charge in [-0.2, -0.15) is 9.94 Å². The fourth-order valence-corrected chi connectivity index (χ4v) is 4.01. The van der Waals surface area contributed by atoms with Crippen LogP contribution in [0.25, 0.3) is 5.82 Å². The van der Waals surface area contributed by atoms with Crippen molar-refractivity contribution in [2.75, 3.05) is 6.26 Å². The lowest BCUT2D eigenvalue weighted by Gasteiger charge is -2.16. The first-order valence-electron chi connectivity index (χ1n) is 10.6. The smallest absolute Gasteiger partial charge is 0.406 e. The van der Waals surface area contributed by atoms with Gasteiger partial charge in [0.05, 0.1) is 16.5 Å². The van der Waals surface area contributed by atoms with Gasteiger partial charge in [-0.25, -0.2) is 18.4 Å². The SMILES string of the molecule is C[C@H](NC(=O)c1cc(OC(F)(F)F)cc(S(C)(=O)=O)c1)c1nc(C2CC2)nn1-c1ccc(C#N)cn1. The first-order valence-corrected chi connectivity index (χ1v) is 12.5. The Kier molecular flexibility index (Phi) is 6.44. The van der Waals surface area contributed by atoms with Crippen LogP contribution in [0.4, 0.5) is 13.2 Å². The van der Waals surface area contributed by atoms with Crippen LogP contribution in [0.1, 0.15) is 59.3 Å². The molecule has 2 heterocycles. The Morgan fingerprint density at radius 2 is 2.00 bits per heavy atom. The van der Waals surface area contributed by atoms with Crippen molar-refractivity contribution in [2.24, 2.45) is 0 Å². The molecule has 0 bridgehead atoms. The zero-order chi connectivity index (χ0) is 26.3. The van der Waals surface area contributed by atoms with Gasteiger partial charge < -0.3 is 10.1 Å². The minimum atomic E-state index is -5.08. The van der Waals surface area contributed by atoms with Gasteiger partial charge in [-0.1, -0.05) is 0 Å². The third-order valence-electron chi connectivity index (χ3n) is 5.22. The number of pyridine rings is 1. The molecule has 1 fully saturated rings. The molecular weight excluding hydrogens is 501 g/mol. The largest absolute Gasteiger partial charge is 0.573 e. The lowest BCUT2D eigenvalue weighted by molar-refractivity contribution is -0.274. The molecule has 0 aliphatic heterocycles. The Balaban J connectivity index is 1.66. The van der Waals surface area contributed by atoms with E-state index in [-0.39, 0.29) is 11.5 Å². The molecule has 1 aliphatic carbocycles. The summed E-state index contributed by atoms with van der Waals surface area (Å²) in [7, 11) is -3.95. The zero-order valence-corrected chi connectivity index (χ0v) is 19.8. The average molecular weight is 520 g/mol. The highest BCUT2D eigenvalue weighted by Crippen LogP contribution is 2.38. The first kappa shape index (κ1) is 25.1. The van der Waals surface area contributed by atoms with Crippen LogP contribution in [0.2, 0.25) is 0 Å². The molecule has 0 spiro atoms. The van der Waals surface area contributed by atoms with Gasteiger partial charge in [0.2, 0.25) is 0 Å². The predicted octanol–water partition coefficient (Wildman–Crippen LogP) is 3.20. The number of rotatable bonds is 7. The van der Waals surface area contributed by atoms with E-state index in [1.807, 2.05) is 6.07 Å². The van der Waals surface area contributed by atoms with Crippen LogP contribution < -0.4 is 10.1 Å². The van der Waals surface area contributed by atoms with Crippen LogP contribution in [0.3, 0.4) is 0 Å². The van der Waals surface area contributed by atoms with E-state index >= 15 is 0 Å². The summed E-state index contributed by atoms with van der Waals surface area (Å²) in [6.45, 7) is 1.59. The van der Waals surface area contributed by atoms with Crippen molar-refractivity contribution in [3.8, 4) is 17.6 Å². The van der Waals surface area contributed by atoms with Crippen LogP contribution in [0.15, 0.2) is 41.4 Å². The van der Waals surface area contributed by atoms with Gasteiger partial charge in [-0.3, -0.25) is 4.79 Å². The number of alkyl halides is 3. The Hall–Kier alpha value is -3.99. The molecular formula is C22H19F3N6O4S. The highest BCUT2D eigenvalue weighted by molar-refractivity contribution is 7.90. The fourth-order valence-electron chi connectivity index (χ4n) is 3.34. The zero-order valence-electron chi connectivity index (χ0n) is 18.9. The first-order chi connectivity index (χ1) is 16.8. The molecule has 1 atom stereocenters. The van der Waals surface area contributed by atoms with Crippen molar-refractivity contribution in [3.05, 3.63) is 59.3 Å². The second-order valence-corrected chi connectivity index (χ2v) is 10.3. The second kappa shape index (κ2) is 9.23. The fraction of sp³-hybridized carbons (Fsp3) is 0.318. The molecule has 188 valence electrons. The number of aromatic nitrogens is 4. The van der Waals surface area contributed by atoms with Gasteiger partial charge >= 0.3 is 6.36 Å². The van der Waals surface area contributed by atoms with Crippen LogP contribution in [0.5, 0.6) is 5.75 Å². The number of carbonyl (C=O) groups is 1. The van der Waals surface area contributed by atoms with Crippen molar-refractivity contribution in [2.45, 2.75) is 43.0 Å². The summed E-state index contributed by atoms with van der Waals surface area (Å²) in [5.41, 5.74) is -0.0131. The molecule has 1 saturated carbocycles. The number of hydrogen-bond acceptors (Lipinski definition) is 8. The molecule has 1 aliphatic rings. The molecule has 1 aromatic carbocycles. The number of halogens is 3. The highest BCUT2D eigenvalue weighted by Gasteiger charge is 2.33. The molecule has 0 unspecified atom stereocenters. The Bertz CT molecular complexity index is 1460. The number of nitrogens with one attached hydrogen (secondary N) is 1. The third-order valence-corrected chi connectivity index (χ3v) is 6.32. The highest BCUT2D eigenvalue weighted by atomic mass is 32.2. The maximum atomic E-state index is 13.0.